The Kier molecular flexibility index (Phi) is 3.24. The first-order chi connectivity index (χ1) is 9.45. The number of rotatable bonds is 1. The van der Waals surface area contributed by atoms with Crippen LogP contribution in [0.15, 0.2) is 23.0 Å². The van der Waals surface area contributed by atoms with Crippen LogP contribution in [0.3, 0.4) is 0 Å². The molecular weight excluding hydrogens is 289 g/mol. The molecule has 1 saturated heterocycles. The van der Waals surface area contributed by atoms with Crippen molar-refractivity contribution in [1.29, 1.82) is 0 Å². The van der Waals surface area contributed by atoms with E-state index in [2.05, 4.69) is 9.97 Å². The van der Waals surface area contributed by atoms with Gasteiger partial charge in [0.25, 0.3) is 5.56 Å². The summed E-state index contributed by atoms with van der Waals surface area (Å²) in [6.45, 7) is 0. The molecule has 3 nitrogen and oxygen atoms in total. The fourth-order valence-electron chi connectivity index (χ4n) is 2.28. The van der Waals surface area contributed by atoms with Crippen LogP contribution in [0.1, 0.15) is 29.5 Å². The smallest absolute Gasteiger partial charge is 0.309 e. The Balaban J connectivity index is 2.15. The third-order valence-electron chi connectivity index (χ3n) is 3.29. The van der Waals surface area contributed by atoms with Crippen molar-refractivity contribution >= 4 is 22.7 Å². The molecule has 1 N–H and O–H groups in total. The van der Waals surface area contributed by atoms with Gasteiger partial charge in [-0.05, 0) is 36.8 Å². The molecule has 2 heterocycles. The highest BCUT2D eigenvalue weighted by atomic mass is 32.2. The number of thioether (sulfide) groups is 1. The molecule has 1 atom stereocenters. The Labute approximate surface area is 116 Å². The van der Waals surface area contributed by atoms with Crippen LogP contribution in [0, 0.1) is 0 Å². The number of halogens is 3. The predicted octanol–water partition coefficient (Wildman–Crippen LogP) is 3.51. The summed E-state index contributed by atoms with van der Waals surface area (Å²) >= 11 is 1.67. The van der Waals surface area contributed by atoms with Crippen LogP contribution >= 0.6 is 11.8 Å². The zero-order valence-electron chi connectivity index (χ0n) is 10.3. The zero-order chi connectivity index (χ0) is 14.3. The third kappa shape index (κ3) is 2.42. The van der Waals surface area contributed by atoms with Crippen LogP contribution in [0.5, 0.6) is 0 Å². The van der Waals surface area contributed by atoms with E-state index >= 15 is 0 Å². The van der Waals surface area contributed by atoms with E-state index in [1.54, 1.807) is 11.8 Å². The topological polar surface area (TPSA) is 45.8 Å². The molecular formula is C13H11F3N2OS. The summed E-state index contributed by atoms with van der Waals surface area (Å²) in [5.41, 5.74) is -1.06. The summed E-state index contributed by atoms with van der Waals surface area (Å²) in [7, 11) is 0. The van der Waals surface area contributed by atoms with Crippen molar-refractivity contribution < 1.29 is 13.2 Å². The highest BCUT2D eigenvalue weighted by Crippen LogP contribution is 2.38. The minimum atomic E-state index is -4.43. The molecule has 1 fully saturated rings. The summed E-state index contributed by atoms with van der Waals surface area (Å²) in [5.74, 6) is 1.46. The van der Waals surface area contributed by atoms with Gasteiger partial charge in [0, 0.05) is 0 Å². The first-order valence-electron chi connectivity index (χ1n) is 6.18. The molecule has 106 valence electrons. The molecule has 1 aromatic heterocycles. The van der Waals surface area contributed by atoms with Crippen molar-refractivity contribution in [2.45, 2.75) is 24.3 Å². The number of fused-ring (bicyclic) bond motifs is 1. The molecule has 0 spiro atoms. The molecule has 1 unspecified atom stereocenters. The normalized spacial score (nSPS) is 19.6. The van der Waals surface area contributed by atoms with Crippen LogP contribution in [-0.2, 0) is 6.18 Å². The number of H-pyrrole nitrogens is 1. The van der Waals surface area contributed by atoms with E-state index in [4.69, 9.17) is 0 Å². The van der Waals surface area contributed by atoms with Gasteiger partial charge in [0.15, 0.2) is 0 Å². The number of aromatic nitrogens is 2. The lowest BCUT2D eigenvalue weighted by Crippen LogP contribution is -2.14. The summed E-state index contributed by atoms with van der Waals surface area (Å²) in [4.78, 5) is 18.8. The van der Waals surface area contributed by atoms with Gasteiger partial charge in [0.05, 0.1) is 21.7 Å². The van der Waals surface area contributed by atoms with Gasteiger partial charge in [-0.25, -0.2) is 4.98 Å². The first-order valence-corrected chi connectivity index (χ1v) is 7.23. The molecule has 1 aliphatic heterocycles. The van der Waals surface area contributed by atoms with Crippen LogP contribution in [-0.4, -0.2) is 15.7 Å². The van der Waals surface area contributed by atoms with Gasteiger partial charge < -0.3 is 4.98 Å². The fraction of sp³-hybridized carbons (Fsp3) is 0.385. The lowest BCUT2D eigenvalue weighted by molar-refractivity contribution is -0.137. The second-order valence-corrected chi connectivity index (χ2v) is 5.99. The number of alkyl halides is 3. The van der Waals surface area contributed by atoms with Crippen LogP contribution in [0.4, 0.5) is 13.2 Å². The van der Waals surface area contributed by atoms with Crippen molar-refractivity contribution in [3.63, 3.8) is 0 Å². The number of aromatic amines is 1. The Morgan fingerprint density at radius 2 is 2.15 bits per heavy atom. The van der Waals surface area contributed by atoms with Gasteiger partial charge in [0.1, 0.15) is 5.82 Å². The lowest BCUT2D eigenvalue weighted by Gasteiger charge is -2.10. The number of nitrogens with one attached hydrogen (secondary N) is 1. The predicted molar refractivity (Wildman–Crippen MR) is 71.8 cm³/mol. The van der Waals surface area contributed by atoms with Crippen LogP contribution in [0.2, 0.25) is 0 Å². The minimum absolute atomic E-state index is 0.0710. The van der Waals surface area contributed by atoms with E-state index in [-0.39, 0.29) is 21.7 Å². The van der Waals surface area contributed by atoms with Crippen LogP contribution in [0.25, 0.3) is 10.9 Å². The highest BCUT2D eigenvalue weighted by Gasteiger charge is 2.31. The van der Waals surface area contributed by atoms with Crippen molar-refractivity contribution in [1.82, 2.24) is 9.97 Å². The molecule has 0 saturated carbocycles. The van der Waals surface area contributed by atoms with E-state index in [0.717, 1.165) is 30.7 Å². The Morgan fingerprint density at radius 1 is 1.35 bits per heavy atom. The number of hydrogen-bond donors (Lipinski definition) is 1. The molecule has 3 rings (SSSR count). The first kappa shape index (κ1) is 13.5. The zero-order valence-corrected chi connectivity index (χ0v) is 11.1. The van der Waals surface area contributed by atoms with E-state index in [1.807, 2.05) is 0 Å². The van der Waals surface area contributed by atoms with Gasteiger partial charge in [0.2, 0.25) is 0 Å². The average molecular weight is 300 g/mol. The van der Waals surface area contributed by atoms with Gasteiger partial charge in [-0.15, -0.1) is 0 Å². The summed E-state index contributed by atoms with van der Waals surface area (Å²) < 4.78 is 38.1. The van der Waals surface area contributed by atoms with Gasteiger partial charge >= 0.3 is 6.18 Å². The Morgan fingerprint density at radius 3 is 2.80 bits per heavy atom. The van der Waals surface area contributed by atoms with Crippen molar-refractivity contribution in [3.05, 3.63) is 39.9 Å². The average Bonchev–Trinajstić information content (AvgIpc) is 2.90. The lowest BCUT2D eigenvalue weighted by atomic mass is 10.1. The van der Waals surface area contributed by atoms with E-state index in [9.17, 15) is 18.0 Å². The molecule has 20 heavy (non-hydrogen) atoms. The van der Waals surface area contributed by atoms with Crippen molar-refractivity contribution in [2.75, 3.05) is 5.75 Å². The molecule has 0 aliphatic carbocycles. The minimum Gasteiger partial charge on any atom is -0.309 e. The van der Waals surface area contributed by atoms with Gasteiger partial charge in [-0.2, -0.15) is 24.9 Å². The second kappa shape index (κ2) is 4.80. The second-order valence-electron chi connectivity index (χ2n) is 4.68. The maximum atomic E-state index is 12.7. The molecule has 2 aromatic rings. The Bertz CT molecular complexity index is 705. The molecule has 0 amide bonds. The molecule has 7 heteroatoms. The summed E-state index contributed by atoms with van der Waals surface area (Å²) in [6.07, 6.45) is -2.52. The van der Waals surface area contributed by atoms with Crippen molar-refractivity contribution in [3.8, 4) is 0 Å². The molecule has 1 aliphatic rings. The maximum Gasteiger partial charge on any atom is 0.416 e. The van der Waals surface area contributed by atoms with E-state index < -0.39 is 11.7 Å². The van der Waals surface area contributed by atoms with Gasteiger partial charge in [-0.1, -0.05) is 0 Å². The van der Waals surface area contributed by atoms with Gasteiger partial charge in [-0.3, -0.25) is 4.79 Å². The molecule has 0 bridgehead atoms. The molecule has 0 radical (unpaired) electrons. The highest BCUT2D eigenvalue weighted by molar-refractivity contribution is 7.99. The van der Waals surface area contributed by atoms with Crippen LogP contribution < -0.4 is 5.56 Å². The number of benzene rings is 1. The SMILES string of the molecule is O=c1[nH]c(C2CCCS2)nc2cc(C(F)(F)F)ccc12. The standard InChI is InChI=1S/C13H11F3N2OS/c14-13(15,16)7-3-4-8-9(6-7)17-11(18-12(8)19)10-2-1-5-20-10/h3-4,6,10H,1-2,5H2,(H,17,18,19). The van der Waals surface area contributed by atoms with E-state index in [0.29, 0.717) is 5.82 Å². The number of nitrogens with zero attached hydrogens (tertiary/aromatic N) is 1. The maximum absolute atomic E-state index is 12.7. The monoisotopic (exact) mass is 300 g/mol. The largest absolute Gasteiger partial charge is 0.416 e. The quantitative estimate of drug-likeness (QED) is 0.876. The van der Waals surface area contributed by atoms with E-state index in [1.165, 1.54) is 6.07 Å². The molecule has 1 aromatic carbocycles. The third-order valence-corrected chi connectivity index (χ3v) is 4.67. The summed E-state index contributed by atoms with van der Waals surface area (Å²) in [6, 6.07) is 3.02. The van der Waals surface area contributed by atoms with Crippen molar-refractivity contribution in [2.24, 2.45) is 0 Å². The summed E-state index contributed by atoms with van der Waals surface area (Å²) in [5, 5.41) is 0.256. The fourth-order valence-corrected chi connectivity index (χ4v) is 3.50. The number of hydrogen-bond acceptors (Lipinski definition) is 3. The Hall–Kier alpha value is -1.50.